The predicted molar refractivity (Wildman–Crippen MR) is 107 cm³/mol. The van der Waals surface area contributed by atoms with Crippen LogP contribution in [0.5, 0.6) is 0 Å². The first-order valence-corrected chi connectivity index (χ1v) is 10.5. The molecule has 0 saturated carbocycles. The molecule has 0 unspecified atom stereocenters. The van der Waals surface area contributed by atoms with Gasteiger partial charge in [-0.3, -0.25) is 4.79 Å². The first kappa shape index (κ1) is 18.7. The van der Waals surface area contributed by atoms with Crippen LogP contribution in [-0.4, -0.2) is 50.3 Å². The highest BCUT2D eigenvalue weighted by Crippen LogP contribution is 2.47. The van der Waals surface area contributed by atoms with Crippen LogP contribution in [0.1, 0.15) is 37.3 Å². The van der Waals surface area contributed by atoms with Crippen molar-refractivity contribution >= 4 is 17.4 Å². The maximum atomic E-state index is 13.9. The Labute approximate surface area is 177 Å². The van der Waals surface area contributed by atoms with Crippen molar-refractivity contribution in [1.29, 1.82) is 0 Å². The highest BCUT2D eigenvalue weighted by molar-refractivity contribution is 5.88. The molecule has 1 aromatic carbocycles. The molecule has 9 heteroatoms. The van der Waals surface area contributed by atoms with E-state index in [2.05, 4.69) is 15.0 Å². The first-order chi connectivity index (χ1) is 15.1. The lowest BCUT2D eigenvalue weighted by molar-refractivity contribution is -0.140. The third-order valence-corrected chi connectivity index (χ3v) is 6.79. The van der Waals surface area contributed by atoms with Gasteiger partial charge < -0.3 is 14.5 Å². The van der Waals surface area contributed by atoms with Crippen LogP contribution >= 0.6 is 0 Å². The van der Waals surface area contributed by atoms with Crippen molar-refractivity contribution in [2.24, 2.45) is 0 Å². The largest absolute Gasteiger partial charge is 0.356 e. The zero-order valence-corrected chi connectivity index (χ0v) is 16.7. The molecule has 3 fully saturated rings. The van der Waals surface area contributed by atoms with Gasteiger partial charge in [-0.1, -0.05) is 12.1 Å². The van der Waals surface area contributed by atoms with Gasteiger partial charge in [0.25, 0.3) is 5.91 Å². The van der Waals surface area contributed by atoms with E-state index in [0.29, 0.717) is 25.9 Å². The van der Waals surface area contributed by atoms with Crippen molar-refractivity contribution in [2.45, 2.75) is 43.6 Å². The minimum atomic E-state index is -0.853. The normalized spacial score (nSPS) is 25.0. The van der Waals surface area contributed by atoms with Crippen LogP contribution < -0.4 is 4.90 Å². The van der Waals surface area contributed by atoms with E-state index in [-0.39, 0.29) is 29.6 Å². The van der Waals surface area contributed by atoms with Crippen molar-refractivity contribution in [3.8, 4) is 0 Å². The summed E-state index contributed by atoms with van der Waals surface area (Å²) in [5.74, 6) is -0.0230. The van der Waals surface area contributed by atoms with Gasteiger partial charge >= 0.3 is 0 Å². The third-order valence-electron chi connectivity index (χ3n) is 6.79. The smallest absolute Gasteiger partial charge is 0.257 e. The summed E-state index contributed by atoms with van der Waals surface area (Å²) >= 11 is 0. The molecule has 2 aromatic heterocycles. The monoisotopic (exact) mass is 425 g/mol. The number of benzene rings is 1. The second kappa shape index (κ2) is 6.71. The number of anilines is 1. The standard InChI is InChI=1S/C22H21F2N5O2/c23-15-3-1-2-14(12-15)17-4-5-19-28(17)21(30)22(31-19)7-10-27(11-8-22)18-6-9-25-20-16(24)13-26-29(18)20/h1-3,6,9,12-13,17,19H,4-5,7-8,10-11H2/t17-,19-/m0/s1. The van der Waals surface area contributed by atoms with Crippen molar-refractivity contribution in [3.63, 3.8) is 0 Å². The highest BCUT2D eigenvalue weighted by atomic mass is 19.1. The minimum absolute atomic E-state index is 0.00563. The maximum absolute atomic E-state index is 13.9. The van der Waals surface area contributed by atoms with Crippen LogP contribution in [0.3, 0.4) is 0 Å². The van der Waals surface area contributed by atoms with Crippen LogP contribution in [0, 0.1) is 11.6 Å². The van der Waals surface area contributed by atoms with Gasteiger partial charge in [0.1, 0.15) is 17.9 Å². The molecule has 0 aliphatic carbocycles. The lowest BCUT2D eigenvalue weighted by atomic mass is 9.89. The molecule has 0 radical (unpaired) electrons. The molecule has 31 heavy (non-hydrogen) atoms. The van der Waals surface area contributed by atoms with Gasteiger partial charge in [-0.2, -0.15) is 9.61 Å². The SMILES string of the molecule is O=C1N2[C@H](CC[C@H]2c2cccc(F)c2)OC12CCN(c1ccnc3c(F)cnn13)CC2. The number of aromatic nitrogens is 3. The van der Waals surface area contributed by atoms with E-state index in [1.54, 1.807) is 18.3 Å². The van der Waals surface area contributed by atoms with Crippen LogP contribution in [0.25, 0.3) is 5.65 Å². The van der Waals surface area contributed by atoms with Crippen LogP contribution in [0.15, 0.2) is 42.7 Å². The van der Waals surface area contributed by atoms with Gasteiger partial charge in [0.2, 0.25) is 0 Å². The van der Waals surface area contributed by atoms with Crippen molar-refractivity contribution in [1.82, 2.24) is 19.5 Å². The first-order valence-electron chi connectivity index (χ1n) is 10.5. The molecule has 1 spiro atoms. The lowest BCUT2D eigenvalue weighted by Gasteiger charge is -2.38. The average Bonchev–Trinajstić information content (AvgIpc) is 3.44. The topological polar surface area (TPSA) is 63.0 Å². The Hall–Kier alpha value is -3.07. The van der Waals surface area contributed by atoms with Crippen molar-refractivity contribution in [2.75, 3.05) is 18.0 Å². The van der Waals surface area contributed by atoms with Gasteiger partial charge in [-0.25, -0.2) is 13.8 Å². The number of carbonyl (C=O) groups is 1. The minimum Gasteiger partial charge on any atom is -0.356 e. The molecule has 3 aliphatic heterocycles. The number of hydrogen-bond acceptors (Lipinski definition) is 5. The van der Waals surface area contributed by atoms with Gasteiger partial charge in [0.15, 0.2) is 17.1 Å². The number of fused-ring (bicyclic) bond motifs is 2. The fourth-order valence-corrected chi connectivity index (χ4v) is 5.27. The molecule has 0 bridgehead atoms. The predicted octanol–water partition coefficient (Wildman–Crippen LogP) is 3.07. The Morgan fingerprint density at radius 1 is 1.13 bits per heavy atom. The van der Waals surface area contributed by atoms with E-state index in [9.17, 15) is 13.6 Å². The molecular weight excluding hydrogens is 404 g/mol. The number of hydrogen-bond donors (Lipinski definition) is 0. The summed E-state index contributed by atoms with van der Waals surface area (Å²) < 4.78 is 35.4. The zero-order chi connectivity index (χ0) is 21.2. The second-order valence-electron chi connectivity index (χ2n) is 8.45. The van der Waals surface area contributed by atoms with E-state index in [1.807, 2.05) is 11.0 Å². The van der Waals surface area contributed by atoms with E-state index in [1.165, 1.54) is 16.6 Å². The molecule has 3 saturated heterocycles. The summed E-state index contributed by atoms with van der Waals surface area (Å²) in [7, 11) is 0. The van der Waals surface area contributed by atoms with Crippen LogP contribution in [-0.2, 0) is 9.53 Å². The van der Waals surface area contributed by atoms with Gasteiger partial charge in [-0.05, 0) is 36.6 Å². The van der Waals surface area contributed by atoms with Gasteiger partial charge in [0, 0.05) is 32.1 Å². The Morgan fingerprint density at radius 2 is 1.97 bits per heavy atom. The number of nitrogens with zero attached hydrogens (tertiary/aromatic N) is 5. The molecule has 7 nitrogen and oxygen atoms in total. The second-order valence-corrected chi connectivity index (χ2v) is 8.45. The Morgan fingerprint density at radius 3 is 2.77 bits per heavy atom. The van der Waals surface area contributed by atoms with Crippen LogP contribution in [0.4, 0.5) is 14.6 Å². The fourth-order valence-electron chi connectivity index (χ4n) is 5.27. The molecule has 0 N–H and O–H groups in total. The van der Waals surface area contributed by atoms with Gasteiger partial charge in [-0.15, -0.1) is 0 Å². The number of ether oxygens (including phenoxy) is 1. The van der Waals surface area contributed by atoms with Gasteiger partial charge in [0.05, 0.1) is 12.2 Å². The molecule has 3 aromatic rings. The molecular formula is C22H21F2N5O2. The zero-order valence-electron chi connectivity index (χ0n) is 16.7. The summed E-state index contributed by atoms with van der Waals surface area (Å²) in [6.07, 6.45) is 5.03. The fraction of sp³-hybridized carbons (Fsp3) is 0.409. The van der Waals surface area contributed by atoms with E-state index < -0.39 is 11.4 Å². The number of halogens is 2. The summed E-state index contributed by atoms with van der Waals surface area (Å²) in [6.45, 7) is 1.16. The molecule has 160 valence electrons. The van der Waals surface area contributed by atoms with E-state index in [4.69, 9.17) is 4.74 Å². The summed E-state index contributed by atoms with van der Waals surface area (Å²) in [5.41, 5.74) is 0.146. The number of rotatable bonds is 2. The Kier molecular flexibility index (Phi) is 4.05. The molecule has 3 aliphatic rings. The molecule has 1 amide bonds. The quantitative estimate of drug-likeness (QED) is 0.632. The number of piperidine rings is 1. The van der Waals surface area contributed by atoms with Crippen LogP contribution in [0.2, 0.25) is 0 Å². The van der Waals surface area contributed by atoms with Crippen molar-refractivity contribution in [3.05, 3.63) is 59.9 Å². The van der Waals surface area contributed by atoms with E-state index in [0.717, 1.165) is 30.4 Å². The Balaban J connectivity index is 1.23. The maximum Gasteiger partial charge on any atom is 0.257 e. The third kappa shape index (κ3) is 2.76. The van der Waals surface area contributed by atoms with Crippen molar-refractivity contribution < 1.29 is 18.3 Å². The Bertz CT molecular complexity index is 1170. The summed E-state index contributed by atoms with van der Waals surface area (Å²) in [5, 5.41) is 4.09. The lowest BCUT2D eigenvalue weighted by Crippen LogP contribution is -2.50. The summed E-state index contributed by atoms with van der Waals surface area (Å²) in [6, 6.07) is 8.11. The van der Waals surface area contributed by atoms with E-state index >= 15 is 0 Å². The molecule has 2 atom stereocenters. The summed E-state index contributed by atoms with van der Waals surface area (Å²) in [4.78, 5) is 21.4. The molecule has 6 rings (SSSR count). The average molecular weight is 425 g/mol. The molecule has 5 heterocycles. The highest BCUT2D eigenvalue weighted by Gasteiger charge is 2.58. The number of carbonyl (C=O) groups excluding carboxylic acids is 1. The number of amides is 1.